The molecule has 1 fully saturated rings. The van der Waals surface area contributed by atoms with E-state index in [0.717, 1.165) is 27.6 Å². The number of amides is 2. The second kappa shape index (κ2) is 12.5. The molecule has 1 heterocycles. The van der Waals surface area contributed by atoms with Crippen LogP contribution in [0.4, 0.5) is 0 Å². The molecule has 0 aliphatic heterocycles. The Hall–Kier alpha value is -3.12. The monoisotopic (exact) mass is 422 g/mol. The molecule has 0 spiro atoms. The van der Waals surface area contributed by atoms with Crippen LogP contribution in [0.3, 0.4) is 0 Å². The molecule has 0 bridgehead atoms. The summed E-state index contributed by atoms with van der Waals surface area (Å²) in [5.41, 5.74) is 15.4. The maximum absolute atomic E-state index is 11.6. The standard InChI is InChI=1S/C17H17N3O.C5H10.C3H7NO/c1-19-17(21)12-4-2-11(3-5-12)13-6-7-16-15(8-13)14(9-18)10-20-16;1-2-4-5-3-1;1-2-3(4)5/h2-8,10,20H,9,18H2,1H3,(H,19,21);1-5H2;2H2,1H3,(H2,4,5). The number of benzene rings is 2. The van der Waals surface area contributed by atoms with Gasteiger partial charge >= 0.3 is 0 Å². The van der Waals surface area contributed by atoms with Crippen molar-refractivity contribution in [1.82, 2.24) is 10.3 Å². The quantitative estimate of drug-likeness (QED) is 0.497. The summed E-state index contributed by atoms with van der Waals surface area (Å²) in [5.74, 6) is -0.321. The van der Waals surface area contributed by atoms with Crippen molar-refractivity contribution < 1.29 is 9.59 Å². The Kier molecular flexibility index (Phi) is 9.78. The van der Waals surface area contributed by atoms with Crippen LogP contribution in [-0.2, 0) is 11.3 Å². The van der Waals surface area contributed by atoms with Crippen LogP contribution in [-0.4, -0.2) is 23.8 Å². The Balaban J connectivity index is 0.000000282. The molecular weight excluding hydrogens is 388 g/mol. The Labute approximate surface area is 184 Å². The summed E-state index contributed by atoms with van der Waals surface area (Å²) in [7, 11) is 1.63. The fourth-order valence-corrected chi connectivity index (χ4v) is 3.37. The van der Waals surface area contributed by atoms with E-state index in [4.69, 9.17) is 5.73 Å². The topological polar surface area (TPSA) is 114 Å². The van der Waals surface area contributed by atoms with Gasteiger partial charge in [0.1, 0.15) is 0 Å². The molecule has 6 nitrogen and oxygen atoms in total. The second-order valence-electron chi connectivity index (χ2n) is 7.52. The van der Waals surface area contributed by atoms with Gasteiger partial charge in [0.2, 0.25) is 5.91 Å². The van der Waals surface area contributed by atoms with Crippen LogP contribution in [0.15, 0.2) is 48.7 Å². The largest absolute Gasteiger partial charge is 0.370 e. The molecule has 1 aliphatic rings. The average molecular weight is 423 g/mol. The van der Waals surface area contributed by atoms with Gasteiger partial charge in [-0.1, -0.05) is 57.2 Å². The van der Waals surface area contributed by atoms with Gasteiger partial charge in [-0.2, -0.15) is 0 Å². The van der Waals surface area contributed by atoms with E-state index in [0.29, 0.717) is 18.5 Å². The molecule has 2 aromatic carbocycles. The molecule has 0 radical (unpaired) electrons. The van der Waals surface area contributed by atoms with E-state index in [-0.39, 0.29) is 11.8 Å². The van der Waals surface area contributed by atoms with E-state index in [1.807, 2.05) is 30.5 Å². The second-order valence-corrected chi connectivity index (χ2v) is 7.52. The van der Waals surface area contributed by atoms with Gasteiger partial charge in [0.25, 0.3) is 5.91 Å². The maximum Gasteiger partial charge on any atom is 0.251 e. The highest BCUT2D eigenvalue weighted by Crippen LogP contribution is 2.26. The summed E-state index contributed by atoms with van der Waals surface area (Å²) < 4.78 is 0. The maximum atomic E-state index is 11.6. The number of primary amides is 1. The lowest BCUT2D eigenvalue weighted by molar-refractivity contribution is -0.117. The first-order valence-electron chi connectivity index (χ1n) is 10.9. The molecule has 166 valence electrons. The Morgan fingerprint density at radius 1 is 0.968 bits per heavy atom. The van der Waals surface area contributed by atoms with Crippen LogP contribution in [0, 0.1) is 0 Å². The van der Waals surface area contributed by atoms with Gasteiger partial charge in [0, 0.05) is 42.7 Å². The first-order chi connectivity index (χ1) is 15.0. The number of aromatic amines is 1. The number of aromatic nitrogens is 1. The third-order valence-corrected chi connectivity index (χ3v) is 5.29. The molecule has 6 heteroatoms. The Morgan fingerprint density at radius 2 is 1.52 bits per heavy atom. The minimum absolute atomic E-state index is 0.0759. The zero-order valence-corrected chi connectivity index (χ0v) is 18.5. The van der Waals surface area contributed by atoms with Crippen LogP contribution < -0.4 is 16.8 Å². The molecule has 2 amide bonds. The number of nitrogens with one attached hydrogen (secondary N) is 2. The van der Waals surface area contributed by atoms with Gasteiger partial charge in [0.15, 0.2) is 0 Å². The zero-order chi connectivity index (χ0) is 22.6. The highest BCUT2D eigenvalue weighted by atomic mass is 16.1. The molecule has 0 atom stereocenters. The molecule has 0 saturated heterocycles. The van der Waals surface area contributed by atoms with Crippen LogP contribution in [0.1, 0.15) is 61.4 Å². The van der Waals surface area contributed by atoms with Gasteiger partial charge in [0.05, 0.1) is 0 Å². The van der Waals surface area contributed by atoms with Crippen LogP contribution in [0.25, 0.3) is 22.0 Å². The van der Waals surface area contributed by atoms with Crippen molar-refractivity contribution >= 4 is 22.7 Å². The summed E-state index contributed by atoms with van der Waals surface area (Å²) >= 11 is 0. The van der Waals surface area contributed by atoms with Crippen LogP contribution in [0.5, 0.6) is 0 Å². The molecule has 0 unspecified atom stereocenters. The summed E-state index contributed by atoms with van der Waals surface area (Å²) in [5, 5.41) is 3.76. The molecule has 1 aromatic heterocycles. The van der Waals surface area contributed by atoms with E-state index in [1.54, 1.807) is 14.0 Å². The fraction of sp³-hybridized carbons (Fsp3) is 0.360. The molecule has 3 aromatic rings. The number of H-pyrrole nitrogens is 1. The van der Waals surface area contributed by atoms with Crippen molar-refractivity contribution in [3.63, 3.8) is 0 Å². The third-order valence-electron chi connectivity index (χ3n) is 5.29. The number of rotatable bonds is 4. The average Bonchev–Trinajstić information content (AvgIpc) is 3.52. The first-order valence-corrected chi connectivity index (χ1v) is 10.9. The Bertz CT molecular complexity index is 965. The van der Waals surface area contributed by atoms with Crippen molar-refractivity contribution in [2.24, 2.45) is 11.5 Å². The lowest BCUT2D eigenvalue weighted by atomic mass is 10.0. The molecule has 31 heavy (non-hydrogen) atoms. The first kappa shape index (κ1) is 24.2. The van der Waals surface area contributed by atoms with E-state index in [9.17, 15) is 9.59 Å². The number of hydrogen-bond donors (Lipinski definition) is 4. The molecule has 4 rings (SSSR count). The number of carbonyl (C=O) groups excluding carboxylic acids is 2. The van der Waals surface area contributed by atoms with Gasteiger partial charge < -0.3 is 21.8 Å². The van der Waals surface area contributed by atoms with E-state index < -0.39 is 0 Å². The Morgan fingerprint density at radius 3 is 2.00 bits per heavy atom. The lowest BCUT2D eigenvalue weighted by Crippen LogP contribution is -2.17. The minimum Gasteiger partial charge on any atom is -0.370 e. The minimum atomic E-state index is -0.245. The van der Waals surface area contributed by atoms with Crippen molar-refractivity contribution in [3.8, 4) is 11.1 Å². The lowest BCUT2D eigenvalue weighted by Gasteiger charge is -2.05. The van der Waals surface area contributed by atoms with E-state index in [2.05, 4.69) is 34.2 Å². The number of carbonyl (C=O) groups is 2. The van der Waals surface area contributed by atoms with E-state index in [1.165, 1.54) is 32.1 Å². The van der Waals surface area contributed by atoms with Crippen LogP contribution >= 0.6 is 0 Å². The van der Waals surface area contributed by atoms with Gasteiger partial charge in [-0.25, -0.2) is 0 Å². The highest BCUT2D eigenvalue weighted by Gasteiger charge is 2.06. The summed E-state index contributed by atoms with van der Waals surface area (Å²) in [6, 6.07) is 13.8. The highest BCUT2D eigenvalue weighted by molar-refractivity contribution is 5.94. The van der Waals surface area contributed by atoms with Crippen molar-refractivity contribution in [3.05, 3.63) is 59.8 Å². The molecule has 1 aliphatic carbocycles. The fourth-order valence-electron chi connectivity index (χ4n) is 3.37. The summed E-state index contributed by atoms with van der Waals surface area (Å²) in [6.07, 6.45) is 9.89. The van der Waals surface area contributed by atoms with Gasteiger partial charge in [-0.15, -0.1) is 0 Å². The summed E-state index contributed by atoms with van der Waals surface area (Å²) in [4.78, 5) is 24.4. The van der Waals surface area contributed by atoms with E-state index >= 15 is 0 Å². The summed E-state index contributed by atoms with van der Waals surface area (Å²) in [6.45, 7) is 2.24. The van der Waals surface area contributed by atoms with Gasteiger partial charge in [-0.3, -0.25) is 9.59 Å². The third kappa shape index (κ3) is 7.26. The van der Waals surface area contributed by atoms with Crippen molar-refractivity contribution in [1.29, 1.82) is 0 Å². The molecule has 1 saturated carbocycles. The zero-order valence-electron chi connectivity index (χ0n) is 18.5. The number of nitrogens with two attached hydrogens (primary N) is 2. The molecular formula is C25H34N4O2. The SMILES string of the molecule is C1CCCC1.CCC(N)=O.CNC(=O)c1ccc(-c2ccc3[nH]cc(CN)c3c2)cc1. The van der Waals surface area contributed by atoms with Crippen molar-refractivity contribution in [2.75, 3.05) is 7.05 Å². The number of hydrogen-bond acceptors (Lipinski definition) is 3. The van der Waals surface area contributed by atoms with Gasteiger partial charge in [-0.05, 0) is 41.0 Å². The normalized spacial score (nSPS) is 12.4. The number of fused-ring (bicyclic) bond motifs is 1. The predicted octanol–water partition coefficient (Wildman–Crippen LogP) is 4.49. The predicted molar refractivity (Wildman–Crippen MR) is 128 cm³/mol. The smallest absolute Gasteiger partial charge is 0.251 e. The van der Waals surface area contributed by atoms with Crippen molar-refractivity contribution in [2.45, 2.75) is 52.0 Å². The van der Waals surface area contributed by atoms with Crippen LogP contribution in [0.2, 0.25) is 0 Å². The molecule has 6 N–H and O–H groups in total.